The predicted molar refractivity (Wildman–Crippen MR) is 71.4 cm³/mol. The molecule has 0 saturated carbocycles. The molecule has 17 heavy (non-hydrogen) atoms. The summed E-state index contributed by atoms with van der Waals surface area (Å²) in [7, 11) is 4.01. The third-order valence-corrected chi connectivity index (χ3v) is 3.23. The lowest BCUT2D eigenvalue weighted by atomic mass is 10.1. The molecule has 0 fully saturated rings. The Morgan fingerprint density at radius 3 is 2.59 bits per heavy atom. The fourth-order valence-corrected chi connectivity index (χ4v) is 1.89. The van der Waals surface area contributed by atoms with Crippen LogP contribution < -0.4 is 5.43 Å². The van der Waals surface area contributed by atoms with Crippen molar-refractivity contribution < 1.29 is 0 Å². The van der Waals surface area contributed by atoms with Crippen molar-refractivity contribution >= 4 is 10.9 Å². The molecule has 0 amide bonds. The van der Waals surface area contributed by atoms with E-state index in [9.17, 15) is 4.79 Å². The summed E-state index contributed by atoms with van der Waals surface area (Å²) in [5, 5.41) is 0.755. The molecule has 90 valence electrons. The molecule has 1 unspecified atom stereocenters. The maximum atomic E-state index is 12.0. The van der Waals surface area contributed by atoms with Crippen LogP contribution in [0.1, 0.15) is 24.2 Å². The fraction of sp³-hybridized carbons (Fsp3) is 0.357. The van der Waals surface area contributed by atoms with E-state index < -0.39 is 0 Å². The molecule has 1 heterocycles. The van der Waals surface area contributed by atoms with Crippen molar-refractivity contribution in [2.75, 3.05) is 14.1 Å². The van der Waals surface area contributed by atoms with Crippen molar-refractivity contribution in [3.63, 3.8) is 0 Å². The van der Waals surface area contributed by atoms with E-state index in [4.69, 9.17) is 0 Å². The first-order valence-electron chi connectivity index (χ1n) is 5.79. The molecule has 0 bridgehead atoms. The van der Waals surface area contributed by atoms with E-state index >= 15 is 0 Å². The summed E-state index contributed by atoms with van der Waals surface area (Å²) in [6, 6.07) is 7.76. The Hall–Kier alpha value is -1.61. The van der Waals surface area contributed by atoms with Crippen molar-refractivity contribution in [2.24, 2.45) is 0 Å². The quantitative estimate of drug-likeness (QED) is 0.860. The molecule has 0 spiro atoms. The molecule has 0 aliphatic carbocycles. The van der Waals surface area contributed by atoms with Gasteiger partial charge in [0.1, 0.15) is 0 Å². The van der Waals surface area contributed by atoms with Crippen LogP contribution in [0.3, 0.4) is 0 Å². The molecular weight excluding hydrogens is 212 g/mol. The Kier molecular flexibility index (Phi) is 3.03. The molecular formula is C14H18N2O. The van der Waals surface area contributed by atoms with Crippen molar-refractivity contribution in [1.29, 1.82) is 0 Å². The van der Waals surface area contributed by atoms with Gasteiger partial charge in [0.05, 0.1) is 0 Å². The highest BCUT2D eigenvalue weighted by molar-refractivity contribution is 5.79. The van der Waals surface area contributed by atoms with E-state index in [1.807, 2.05) is 39.2 Å². The number of nitrogens with zero attached hydrogens (tertiary/aromatic N) is 1. The second kappa shape index (κ2) is 4.34. The standard InChI is InChI=1S/C14H18N2O/c1-9-5-6-11-13(7-9)15-12(8-14(11)17)10(2)16(3)4/h5-8,10H,1-4H3,(H,15,17). The Morgan fingerprint density at radius 2 is 1.94 bits per heavy atom. The van der Waals surface area contributed by atoms with Gasteiger partial charge in [-0.3, -0.25) is 4.79 Å². The van der Waals surface area contributed by atoms with Gasteiger partial charge in [0.2, 0.25) is 0 Å². The molecule has 2 rings (SSSR count). The van der Waals surface area contributed by atoms with E-state index in [1.54, 1.807) is 6.07 Å². The molecule has 3 heteroatoms. The first kappa shape index (κ1) is 11.9. The van der Waals surface area contributed by atoms with Gasteiger partial charge in [-0.15, -0.1) is 0 Å². The molecule has 0 saturated heterocycles. The Morgan fingerprint density at radius 1 is 1.24 bits per heavy atom. The molecule has 1 N–H and O–H groups in total. The van der Waals surface area contributed by atoms with Crippen LogP contribution in [0.4, 0.5) is 0 Å². The van der Waals surface area contributed by atoms with Crippen molar-refractivity contribution in [3.05, 3.63) is 45.7 Å². The lowest BCUT2D eigenvalue weighted by molar-refractivity contribution is 0.315. The topological polar surface area (TPSA) is 36.1 Å². The van der Waals surface area contributed by atoms with E-state index in [0.29, 0.717) is 0 Å². The van der Waals surface area contributed by atoms with Crippen LogP contribution >= 0.6 is 0 Å². The van der Waals surface area contributed by atoms with Gasteiger partial charge in [0.25, 0.3) is 0 Å². The molecule has 3 nitrogen and oxygen atoms in total. The smallest absolute Gasteiger partial charge is 0.189 e. The second-order valence-electron chi connectivity index (χ2n) is 4.78. The Labute approximate surface area is 101 Å². The van der Waals surface area contributed by atoms with Crippen LogP contribution in [0, 0.1) is 6.92 Å². The van der Waals surface area contributed by atoms with Gasteiger partial charge >= 0.3 is 0 Å². The number of H-pyrrole nitrogens is 1. The van der Waals surface area contributed by atoms with Gasteiger partial charge in [0.15, 0.2) is 5.43 Å². The first-order chi connectivity index (χ1) is 7.99. The van der Waals surface area contributed by atoms with Crippen molar-refractivity contribution in [3.8, 4) is 0 Å². The molecule has 1 aromatic heterocycles. The van der Waals surface area contributed by atoms with E-state index in [0.717, 1.165) is 22.2 Å². The van der Waals surface area contributed by atoms with Crippen LogP contribution in [0.5, 0.6) is 0 Å². The third kappa shape index (κ3) is 2.24. The minimum Gasteiger partial charge on any atom is -0.357 e. The average Bonchev–Trinajstić information content (AvgIpc) is 2.27. The summed E-state index contributed by atoms with van der Waals surface area (Å²) in [4.78, 5) is 17.4. The summed E-state index contributed by atoms with van der Waals surface area (Å²) >= 11 is 0. The number of fused-ring (bicyclic) bond motifs is 1. The van der Waals surface area contributed by atoms with E-state index in [-0.39, 0.29) is 11.5 Å². The molecule has 1 atom stereocenters. The summed E-state index contributed by atoms with van der Waals surface area (Å²) in [6.45, 7) is 4.10. The highest BCUT2D eigenvalue weighted by Gasteiger charge is 2.10. The van der Waals surface area contributed by atoms with Crippen LogP contribution in [0.2, 0.25) is 0 Å². The summed E-state index contributed by atoms with van der Waals surface area (Å²) < 4.78 is 0. The minimum absolute atomic E-state index is 0.0856. The zero-order valence-corrected chi connectivity index (χ0v) is 10.7. The third-order valence-electron chi connectivity index (χ3n) is 3.23. The molecule has 1 aromatic carbocycles. The summed E-state index contributed by atoms with van der Waals surface area (Å²) in [5.41, 5.74) is 3.12. The highest BCUT2D eigenvalue weighted by Crippen LogP contribution is 2.17. The predicted octanol–water partition coefficient (Wildman–Crippen LogP) is 2.46. The van der Waals surface area contributed by atoms with Crippen LogP contribution in [0.25, 0.3) is 10.9 Å². The van der Waals surface area contributed by atoms with Gasteiger partial charge in [0, 0.05) is 28.7 Å². The number of pyridine rings is 1. The number of benzene rings is 1. The molecule has 0 radical (unpaired) electrons. The van der Waals surface area contributed by atoms with E-state index in [2.05, 4.69) is 16.8 Å². The number of hydrogen-bond acceptors (Lipinski definition) is 2. The van der Waals surface area contributed by atoms with Crippen molar-refractivity contribution in [1.82, 2.24) is 9.88 Å². The van der Waals surface area contributed by atoms with Gasteiger partial charge in [-0.05, 0) is 45.6 Å². The lowest BCUT2D eigenvalue weighted by Gasteiger charge is -2.20. The maximum Gasteiger partial charge on any atom is 0.189 e. The molecule has 0 aliphatic heterocycles. The minimum atomic E-state index is 0.0856. The first-order valence-corrected chi connectivity index (χ1v) is 5.79. The van der Waals surface area contributed by atoms with Crippen LogP contribution in [0.15, 0.2) is 29.1 Å². The maximum absolute atomic E-state index is 12.0. The normalized spacial score (nSPS) is 13.2. The number of nitrogens with one attached hydrogen (secondary N) is 1. The second-order valence-corrected chi connectivity index (χ2v) is 4.78. The number of hydrogen-bond donors (Lipinski definition) is 1. The number of aromatic nitrogens is 1. The monoisotopic (exact) mass is 230 g/mol. The number of aromatic amines is 1. The van der Waals surface area contributed by atoms with Gasteiger partial charge in [-0.25, -0.2) is 0 Å². The van der Waals surface area contributed by atoms with Gasteiger partial charge in [-0.1, -0.05) is 6.07 Å². The molecule has 0 aliphatic rings. The highest BCUT2D eigenvalue weighted by atomic mass is 16.1. The van der Waals surface area contributed by atoms with Gasteiger partial charge < -0.3 is 9.88 Å². The summed E-state index contributed by atoms with van der Waals surface area (Å²) in [6.07, 6.45) is 0. The summed E-state index contributed by atoms with van der Waals surface area (Å²) in [5.74, 6) is 0. The average molecular weight is 230 g/mol. The zero-order chi connectivity index (χ0) is 12.6. The SMILES string of the molecule is Cc1ccc2c(=O)cc(C(C)N(C)C)[nH]c2c1. The van der Waals surface area contributed by atoms with Crippen LogP contribution in [-0.4, -0.2) is 24.0 Å². The van der Waals surface area contributed by atoms with Gasteiger partial charge in [-0.2, -0.15) is 0 Å². The largest absolute Gasteiger partial charge is 0.357 e. The Balaban J connectivity index is 2.65. The number of rotatable bonds is 2. The Bertz CT molecular complexity index is 599. The lowest BCUT2D eigenvalue weighted by Crippen LogP contribution is -2.19. The number of aryl methyl sites for hydroxylation is 1. The van der Waals surface area contributed by atoms with Crippen molar-refractivity contribution in [2.45, 2.75) is 19.9 Å². The van der Waals surface area contributed by atoms with E-state index in [1.165, 1.54) is 0 Å². The zero-order valence-electron chi connectivity index (χ0n) is 10.7. The fourth-order valence-electron chi connectivity index (χ4n) is 1.89. The van der Waals surface area contributed by atoms with Crippen LogP contribution in [-0.2, 0) is 0 Å². The molecule has 2 aromatic rings.